The van der Waals surface area contributed by atoms with Gasteiger partial charge in [-0.25, -0.2) is 13.9 Å². The summed E-state index contributed by atoms with van der Waals surface area (Å²) in [4.78, 5) is 26.5. The van der Waals surface area contributed by atoms with Crippen LogP contribution in [0, 0.1) is 17.7 Å². The normalized spacial score (nSPS) is 19.6. The monoisotopic (exact) mass is 387 g/mol. The molecule has 1 fully saturated rings. The average molecular weight is 387 g/mol. The van der Waals surface area contributed by atoms with E-state index in [4.69, 9.17) is 0 Å². The van der Waals surface area contributed by atoms with Crippen molar-refractivity contribution in [3.8, 4) is 5.69 Å². The maximum atomic E-state index is 14.2. The predicted octanol–water partition coefficient (Wildman–Crippen LogP) is 4.28. The number of benzene rings is 1. The van der Waals surface area contributed by atoms with Gasteiger partial charge < -0.3 is 5.11 Å². The highest BCUT2D eigenvalue weighted by Crippen LogP contribution is 2.32. The molecule has 1 heterocycles. The molecule has 1 N–H and O–H groups in total. The van der Waals surface area contributed by atoms with Crippen molar-refractivity contribution in [3.63, 3.8) is 0 Å². The van der Waals surface area contributed by atoms with Gasteiger partial charge in [0.05, 0.1) is 0 Å². The second-order valence-electron chi connectivity index (χ2n) is 7.83. The molecule has 1 aliphatic rings. The molecule has 28 heavy (non-hydrogen) atoms. The topological polar surface area (TPSA) is 75.4 Å². The summed E-state index contributed by atoms with van der Waals surface area (Å²) in [5, 5.41) is 14.0. The molecule has 0 saturated heterocycles. The number of anilines is 1. The summed E-state index contributed by atoms with van der Waals surface area (Å²) in [6.45, 7) is 5.84. The Labute approximate surface area is 164 Å². The van der Waals surface area contributed by atoms with Gasteiger partial charge >= 0.3 is 5.97 Å². The number of halogens is 1. The first-order valence-electron chi connectivity index (χ1n) is 9.70. The smallest absolute Gasteiger partial charge is 0.341 e. The molecule has 0 bridgehead atoms. The number of hydrogen-bond donors (Lipinski definition) is 1. The fourth-order valence-electron chi connectivity index (χ4n) is 3.76. The van der Waals surface area contributed by atoms with E-state index in [-0.39, 0.29) is 34.9 Å². The molecule has 150 valence electrons. The minimum Gasteiger partial charge on any atom is -0.477 e. The molecule has 0 radical (unpaired) electrons. The van der Waals surface area contributed by atoms with Crippen molar-refractivity contribution in [3.05, 3.63) is 41.8 Å². The standard InChI is InChI=1S/C21H26FN3O3/c1-13(2)25(20(26)15-10-8-14(3)9-11-15)19-16(21(27)28)12-24(23-19)18-7-5-4-6-17(18)22/h4-7,12-15H,8-11H2,1-3H3,(H,27,28)/t14-,15-. The molecule has 1 aliphatic carbocycles. The molecule has 0 atom stereocenters. The minimum absolute atomic E-state index is 0.0642. The van der Waals surface area contributed by atoms with Gasteiger partial charge in [0.2, 0.25) is 5.91 Å². The van der Waals surface area contributed by atoms with Crippen LogP contribution in [0.5, 0.6) is 0 Å². The lowest BCUT2D eigenvalue weighted by Gasteiger charge is -2.32. The van der Waals surface area contributed by atoms with Crippen LogP contribution in [0.2, 0.25) is 0 Å². The van der Waals surface area contributed by atoms with Crippen LogP contribution in [0.1, 0.15) is 56.8 Å². The van der Waals surface area contributed by atoms with E-state index in [0.29, 0.717) is 5.92 Å². The second kappa shape index (κ2) is 8.12. The molecule has 1 amide bonds. The van der Waals surface area contributed by atoms with Gasteiger partial charge in [-0.3, -0.25) is 9.69 Å². The molecule has 6 nitrogen and oxygen atoms in total. The Hall–Kier alpha value is -2.70. The Kier molecular flexibility index (Phi) is 5.82. The molecular formula is C21H26FN3O3. The third-order valence-electron chi connectivity index (χ3n) is 5.37. The third kappa shape index (κ3) is 3.93. The van der Waals surface area contributed by atoms with Gasteiger partial charge in [0.1, 0.15) is 17.1 Å². The molecule has 1 saturated carbocycles. The molecular weight excluding hydrogens is 361 g/mol. The zero-order chi connectivity index (χ0) is 20.4. The van der Waals surface area contributed by atoms with E-state index in [0.717, 1.165) is 25.7 Å². The van der Waals surface area contributed by atoms with E-state index in [1.807, 2.05) is 13.8 Å². The Morgan fingerprint density at radius 1 is 1.21 bits per heavy atom. The van der Waals surface area contributed by atoms with E-state index in [2.05, 4.69) is 12.0 Å². The van der Waals surface area contributed by atoms with Crippen LogP contribution in [0.25, 0.3) is 5.69 Å². The number of aromatic carboxylic acids is 1. The van der Waals surface area contributed by atoms with Crippen LogP contribution < -0.4 is 4.90 Å². The third-order valence-corrected chi connectivity index (χ3v) is 5.37. The number of aromatic nitrogens is 2. The number of hydrogen-bond acceptors (Lipinski definition) is 3. The Morgan fingerprint density at radius 3 is 2.43 bits per heavy atom. The van der Waals surface area contributed by atoms with Crippen LogP contribution in [0.15, 0.2) is 30.5 Å². The Bertz CT molecular complexity index is 870. The lowest BCUT2D eigenvalue weighted by atomic mass is 9.82. The largest absolute Gasteiger partial charge is 0.477 e. The number of carbonyl (C=O) groups is 2. The van der Waals surface area contributed by atoms with Crippen molar-refractivity contribution < 1.29 is 19.1 Å². The number of para-hydroxylation sites is 1. The van der Waals surface area contributed by atoms with Crippen molar-refractivity contribution in [1.82, 2.24) is 9.78 Å². The second-order valence-corrected chi connectivity index (χ2v) is 7.83. The van der Waals surface area contributed by atoms with E-state index < -0.39 is 11.8 Å². The number of amides is 1. The van der Waals surface area contributed by atoms with Crippen molar-refractivity contribution in [2.75, 3.05) is 4.90 Å². The lowest BCUT2D eigenvalue weighted by Crippen LogP contribution is -2.43. The van der Waals surface area contributed by atoms with Gasteiger partial charge in [0, 0.05) is 18.2 Å². The van der Waals surface area contributed by atoms with Crippen LogP contribution in [0.3, 0.4) is 0 Å². The maximum Gasteiger partial charge on any atom is 0.341 e. The summed E-state index contributed by atoms with van der Waals surface area (Å²) in [5.41, 5.74) is 0.0216. The van der Waals surface area contributed by atoms with Crippen LogP contribution >= 0.6 is 0 Å². The number of rotatable bonds is 5. The van der Waals surface area contributed by atoms with Gasteiger partial charge in [0.15, 0.2) is 5.82 Å². The van der Waals surface area contributed by atoms with E-state index in [1.165, 1.54) is 27.9 Å². The number of carbonyl (C=O) groups excluding carboxylic acids is 1. The first kappa shape index (κ1) is 20.0. The summed E-state index contributed by atoms with van der Waals surface area (Å²) < 4.78 is 15.4. The highest BCUT2D eigenvalue weighted by Gasteiger charge is 2.34. The summed E-state index contributed by atoms with van der Waals surface area (Å²) in [6, 6.07) is 5.73. The predicted molar refractivity (Wildman–Crippen MR) is 104 cm³/mol. The zero-order valence-corrected chi connectivity index (χ0v) is 16.4. The fraction of sp³-hybridized carbons (Fsp3) is 0.476. The molecule has 0 spiro atoms. The summed E-state index contributed by atoms with van der Waals surface area (Å²) in [7, 11) is 0. The van der Waals surface area contributed by atoms with Crippen LogP contribution in [-0.4, -0.2) is 32.8 Å². The average Bonchev–Trinajstić information content (AvgIpc) is 3.07. The van der Waals surface area contributed by atoms with Crippen LogP contribution in [-0.2, 0) is 4.79 Å². The van der Waals surface area contributed by atoms with Crippen molar-refractivity contribution >= 4 is 17.7 Å². The fourth-order valence-corrected chi connectivity index (χ4v) is 3.76. The van der Waals surface area contributed by atoms with Crippen molar-refractivity contribution in [1.29, 1.82) is 0 Å². The van der Waals surface area contributed by atoms with Crippen LogP contribution in [0.4, 0.5) is 10.2 Å². The van der Waals surface area contributed by atoms with E-state index >= 15 is 0 Å². The van der Waals surface area contributed by atoms with E-state index in [1.54, 1.807) is 12.1 Å². The Morgan fingerprint density at radius 2 is 1.86 bits per heavy atom. The maximum absolute atomic E-state index is 14.2. The van der Waals surface area contributed by atoms with Gasteiger partial charge in [-0.2, -0.15) is 0 Å². The lowest BCUT2D eigenvalue weighted by molar-refractivity contribution is -0.123. The molecule has 1 aromatic carbocycles. The van der Waals surface area contributed by atoms with Gasteiger partial charge in [-0.1, -0.05) is 19.1 Å². The highest BCUT2D eigenvalue weighted by atomic mass is 19.1. The molecule has 1 aromatic heterocycles. The quantitative estimate of drug-likeness (QED) is 0.831. The van der Waals surface area contributed by atoms with Gasteiger partial charge in [-0.05, 0) is 57.6 Å². The molecule has 0 unspecified atom stereocenters. The van der Waals surface area contributed by atoms with E-state index in [9.17, 15) is 19.1 Å². The van der Waals surface area contributed by atoms with Gasteiger partial charge in [0.25, 0.3) is 0 Å². The summed E-state index contributed by atoms with van der Waals surface area (Å²) in [5.74, 6) is -1.30. The first-order valence-corrected chi connectivity index (χ1v) is 9.70. The van der Waals surface area contributed by atoms with Crippen molar-refractivity contribution in [2.24, 2.45) is 11.8 Å². The SMILES string of the molecule is CC(C)N(c1nn(-c2ccccc2F)cc1C(=O)O)C(=O)[C@H]1CC[C@H](C)CC1. The molecule has 3 rings (SSSR count). The number of nitrogens with zero attached hydrogens (tertiary/aromatic N) is 3. The first-order chi connectivity index (χ1) is 13.3. The Balaban J connectivity index is 2.02. The zero-order valence-electron chi connectivity index (χ0n) is 16.4. The highest BCUT2D eigenvalue weighted by molar-refractivity contribution is 6.01. The molecule has 0 aliphatic heterocycles. The molecule has 2 aromatic rings. The minimum atomic E-state index is -1.20. The number of carboxylic acids is 1. The summed E-state index contributed by atoms with van der Waals surface area (Å²) >= 11 is 0. The summed E-state index contributed by atoms with van der Waals surface area (Å²) in [6.07, 6.45) is 4.82. The van der Waals surface area contributed by atoms with Gasteiger partial charge in [-0.15, -0.1) is 5.10 Å². The number of carboxylic acid groups (broad SMARTS) is 1. The van der Waals surface area contributed by atoms with Crippen molar-refractivity contribution in [2.45, 2.75) is 52.5 Å². The molecule has 7 heteroatoms.